The molecule has 1 unspecified atom stereocenters. The summed E-state index contributed by atoms with van der Waals surface area (Å²) in [6.07, 6.45) is 1.77. The van der Waals surface area contributed by atoms with Crippen LogP contribution in [-0.4, -0.2) is 38.4 Å². The lowest BCUT2D eigenvalue weighted by molar-refractivity contribution is 0.147. The number of carbonyl (C=O) groups excluding carboxylic acids is 1. The number of methoxy groups -OCH3 is 1. The van der Waals surface area contributed by atoms with Crippen LogP contribution >= 0.6 is 24.0 Å². The Morgan fingerprint density at radius 3 is 2.75 bits per heavy atom. The monoisotopic (exact) mass is 448 g/mol. The van der Waals surface area contributed by atoms with E-state index in [0.717, 1.165) is 18.5 Å². The predicted octanol–water partition coefficient (Wildman–Crippen LogP) is 2.56. The molecule has 8 heteroatoms. The van der Waals surface area contributed by atoms with Crippen molar-refractivity contribution in [2.75, 3.05) is 25.6 Å². The van der Waals surface area contributed by atoms with Crippen molar-refractivity contribution in [2.24, 2.45) is 16.6 Å². The summed E-state index contributed by atoms with van der Waals surface area (Å²) < 4.78 is 10.2. The first-order valence-electron chi connectivity index (χ1n) is 7.77. The van der Waals surface area contributed by atoms with Crippen LogP contribution in [0.25, 0.3) is 0 Å². The lowest BCUT2D eigenvalue weighted by atomic mass is 10.2. The van der Waals surface area contributed by atoms with Gasteiger partial charge in [-0.1, -0.05) is 12.1 Å². The van der Waals surface area contributed by atoms with Crippen molar-refractivity contribution < 1.29 is 14.3 Å². The second-order valence-electron chi connectivity index (χ2n) is 5.36. The zero-order valence-electron chi connectivity index (χ0n) is 14.0. The number of hydrogen-bond donors (Lipinski definition) is 3. The molecule has 0 spiro atoms. The standard InChI is InChI=1S/C16H24N4O3.HI/c1-3-23-16(21)20-13(11-8-9-11)10-18-15(17)19-12-6-4-5-7-14(12)22-2;/h4-7,11,13H,3,8-10H2,1-2H3,(H,20,21)(H3,17,18,19);1H. The number of guanidine groups is 1. The number of aliphatic imine (C=N–C) groups is 1. The van der Waals surface area contributed by atoms with Crippen molar-refractivity contribution >= 4 is 41.7 Å². The number of nitrogens with zero attached hydrogens (tertiary/aromatic N) is 1. The molecule has 2 rings (SSSR count). The number of para-hydroxylation sites is 2. The van der Waals surface area contributed by atoms with Crippen LogP contribution in [0.5, 0.6) is 5.75 Å². The number of carbonyl (C=O) groups is 1. The van der Waals surface area contributed by atoms with Crippen LogP contribution in [-0.2, 0) is 4.74 Å². The van der Waals surface area contributed by atoms with Gasteiger partial charge < -0.3 is 25.8 Å². The van der Waals surface area contributed by atoms with E-state index in [1.54, 1.807) is 14.0 Å². The zero-order chi connectivity index (χ0) is 16.7. The van der Waals surface area contributed by atoms with E-state index in [4.69, 9.17) is 15.2 Å². The Hall–Kier alpha value is -1.71. The number of anilines is 1. The second kappa shape index (κ2) is 10.2. The Labute approximate surface area is 159 Å². The van der Waals surface area contributed by atoms with Gasteiger partial charge in [0.25, 0.3) is 0 Å². The van der Waals surface area contributed by atoms with E-state index in [1.807, 2.05) is 24.3 Å². The van der Waals surface area contributed by atoms with E-state index in [0.29, 0.717) is 24.8 Å². The minimum Gasteiger partial charge on any atom is -0.495 e. The van der Waals surface area contributed by atoms with Gasteiger partial charge in [-0.2, -0.15) is 0 Å². The van der Waals surface area contributed by atoms with Gasteiger partial charge in [0, 0.05) is 0 Å². The number of halogens is 1. The Morgan fingerprint density at radius 2 is 2.12 bits per heavy atom. The van der Waals surface area contributed by atoms with Gasteiger partial charge in [-0.3, -0.25) is 4.99 Å². The van der Waals surface area contributed by atoms with Crippen LogP contribution in [0.4, 0.5) is 10.5 Å². The van der Waals surface area contributed by atoms with Crippen LogP contribution in [0.1, 0.15) is 19.8 Å². The molecule has 1 aliphatic rings. The molecule has 24 heavy (non-hydrogen) atoms. The van der Waals surface area contributed by atoms with E-state index in [-0.39, 0.29) is 36.0 Å². The van der Waals surface area contributed by atoms with Crippen molar-refractivity contribution in [1.82, 2.24) is 5.32 Å². The highest BCUT2D eigenvalue weighted by Gasteiger charge is 2.32. The van der Waals surface area contributed by atoms with Gasteiger partial charge in [0.2, 0.25) is 0 Å². The molecule has 1 atom stereocenters. The maximum absolute atomic E-state index is 11.6. The molecule has 134 valence electrons. The zero-order valence-corrected chi connectivity index (χ0v) is 16.3. The highest BCUT2D eigenvalue weighted by molar-refractivity contribution is 14.0. The minimum absolute atomic E-state index is 0. The molecule has 1 saturated carbocycles. The highest BCUT2D eigenvalue weighted by Crippen LogP contribution is 2.32. The Balaban J connectivity index is 0.00000288. The number of benzene rings is 1. The molecule has 1 aromatic carbocycles. The lowest BCUT2D eigenvalue weighted by Crippen LogP contribution is -2.39. The average molecular weight is 448 g/mol. The molecule has 1 fully saturated rings. The number of nitrogens with one attached hydrogen (secondary N) is 2. The van der Waals surface area contributed by atoms with Crippen LogP contribution < -0.4 is 21.1 Å². The van der Waals surface area contributed by atoms with Crippen LogP contribution in [0.3, 0.4) is 0 Å². The van der Waals surface area contributed by atoms with Crippen molar-refractivity contribution in [3.05, 3.63) is 24.3 Å². The summed E-state index contributed by atoms with van der Waals surface area (Å²) >= 11 is 0. The fourth-order valence-corrected chi connectivity index (χ4v) is 2.26. The Bertz CT molecular complexity index is 564. The summed E-state index contributed by atoms with van der Waals surface area (Å²) in [5, 5.41) is 5.86. The smallest absolute Gasteiger partial charge is 0.407 e. The lowest BCUT2D eigenvalue weighted by Gasteiger charge is -2.16. The van der Waals surface area contributed by atoms with Gasteiger partial charge in [-0.05, 0) is 37.8 Å². The summed E-state index contributed by atoms with van der Waals surface area (Å²) in [7, 11) is 1.60. The summed E-state index contributed by atoms with van der Waals surface area (Å²) in [5.74, 6) is 1.42. The van der Waals surface area contributed by atoms with Gasteiger partial charge in [0.1, 0.15) is 5.75 Å². The summed E-state index contributed by atoms with van der Waals surface area (Å²) in [6, 6.07) is 7.41. The Kier molecular flexibility index (Phi) is 8.66. The highest BCUT2D eigenvalue weighted by atomic mass is 127. The topological polar surface area (TPSA) is 98.0 Å². The van der Waals surface area contributed by atoms with Gasteiger partial charge >= 0.3 is 6.09 Å². The quantitative estimate of drug-likeness (QED) is 0.339. The van der Waals surface area contributed by atoms with Crippen LogP contribution in [0, 0.1) is 5.92 Å². The molecule has 0 aliphatic heterocycles. The Morgan fingerprint density at radius 1 is 1.42 bits per heavy atom. The molecular weight excluding hydrogens is 423 g/mol. The largest absolute Gasteiger partial charge is 0.495 e. The number of alkyl carbamates (subject to hydrolysis) is 1. The third kappa shape index (κ3) is 6.42. The third-order valence-corrected chi connectivity index (χ3v) is 3.60. The van der Waals surface area contributed by atoms with E-state index in [2.05, 4.69) is 15.6 Å². The predicted molar refractivity (Wildman–Crippen MR) is 105 cm³/mol. The first kappa shape index (κ1) is 20.3. The fourth-order valence-electron chi connectivity index (χ4n) is 2.26. The second-order valence-corrected chi connectivity index (χ2v) is 5.36. The summed E-state index contributed by atoms with van der Waals surface area (Å²) in [6.45, 7) is 2.54. The number of amides is 1. The van der Waals surface area contributed by atoms with Gasteiger partial charge in [0.05, 0.1) is 32.0 Å². The molecule has 0 radical (unpaired) electrons. The van der Waals surface area contributed by atoms with E-state index in [1.165, 1.54) is 0 Å². The van der Waals surface area contributed by atoms with E-state index < -0.39 is 6.09 Å². The maximum Gasteiger partial charge on any atom is 0.407 e. The number of hydrogen-bond acceptors (Lipinski definition) is 4. The van der Waals surface area contributed by atoms with Crippen molar-refractivity contribution in [3.63, 3.8) is 0 Å². The molecule has 4 N–H and O–H groups in total. The molecule has 1 aliphatic carbocycles. The van der Waals surface area contributed by atoms with Crippen LogP contribution in [0.15, 0.2) is 29.3 Å². The fraction of sp³-hybridized carbons (Fsp3) is 0.500. The third-order valence-electron chi connectivity index (χ3n) is 3.60. The average Bonchev–Trinajstić information content (AvgIpc) is 3.37. The van der Waals surface area contributed by atoms with Gasteiger partial charge in [-0.15, -0.1) is 24.0 Å². The molecule has 1 amide bonds. The SMILES string of the molecule is CCOC(=O)NC(CN=C(N)Nc1ccccc1OC)C1CC1.I. The minimum atomic E-state index is -0.407. The molecule has 1 aromatic rings. The number of nitrogens with two attached hydrogens (primary N) is 1. The van der Waals surface area contributed by atoms with E-state index >= 15 is 0 Å². The molecule has 0 heterocycles. The molecule has 7 nitrogen and oxygen atoms in total. The van der Waals surface area contributed by atoms with Crippen molar-refractivity contribution in [3.8, 4) is 5.75 Å². The van der Waals surface area contributed by atoms with E-state index in [9.17, 15) is 4.79 Å². The number of ether oxygens (including phenoxy) is 2. The van der Waals surface area contributed by atoms with Crippen LogP contribution in [0.2, 0.25) is 0 Å². The molecule has 0 saturated heterocycles. The summed E-state index contributed by atoms with van der Waals surface area (Å²) in [4.78, 5) is 15.9. The van der Waals surface area contributed by atoms with Gasteiger partial charge in [-0.25, -0.2) is 4.79 Å². The molecular formula is C16H25IN4O3. The summed E-state index contributed by atoms with van der Waals surface area (Å²) in [5.41, 5.74) is 6.67. The van der Waals surface area contributed by atoms with Gasteiger partial charge in [0.15, 0.2) is 5.96 Å². The first-order valence-corrected chi connectivity index (χ1v) is 7.77. The number of rotatable bonds is 7. The molecule has 0 bridgehead atoms. The van der Waals surface area contributed by atoms with Crippen molar-refractivity contribution in [2.45, 2.75) is 25.8 Å². The first-order chi connectivity index (χ1) is 11.1. The normalized spacial score (nSPS) is 15.0. The van der Waals surface area contributed by atoms with Crippen molar-refractivity contribution in [1.29, 1.82) is 0 Å². The molecule has 0 aromatic heterocycles. The maximum atomic E-state index is 11.6.